The zero-order valence-electron chi connectivity index (χ0n) is 18.7. The number of hydrogen-bond donors (Lipinski definition) is 0. The summed E-state index contributed by atoms with van der Waals surface area (Å²) in [6, 6.07) is 19.0. The summed E-state index contributed by atoms with van der Waals surface area (Å²) in [5.74, 6) is 0. The first kappa shape index (κ1) is 22.0. The van der Waals surface area contributed by atoms with Crippen molar-refractivity contribution in [2.24, 2.45) is 0 Å². The fourth-order valence-electron chi connectivity index (χ4n) is 4.94. The van der Waals surface area contributed by atoms with Crippen molar-refractivity contribution in [3.63, 3.8) is 0 Å². The first-order chi connectivity index (χ1) is 16.2. The van der Waals surface area contributed by atoms with Crippen LogP contribution in [0.4, 0.5) is 0 Å². The summed E-state index contributed by atoms with van der Waals surface area (Å²) in [5, 5.41) is 14.2. The van der Waals surface area contributed by atoms with E-state index in [0.29, 0.717) is 13.2 Å². The van der Waals surface area contributed by atoms with E-state index in [2.05, 4.69) is 29.4 Å². The van der Waals surface area contributed by atoms with Crippen molar-refractivity contribution in [2.75, 3.05) is 13.2 Å². The molecule has 1 saturated carbocycles. The number of rotatable bonds is 5. The number of benzene rings is 2. The van der Waals surface area contributed by atoms with E-state index >= 15 is 0 Å². The van der Waals surface area contributed by atoms with Crippen molar-refractivity contribution in [1.82, 2.24) is 14.3 Å². The minimum Gasteiger partial charge on any atom is -0.381 e. The van der Waals surface area contributed by atoms with Crippen LogP contribution in [0.3, 0.4) is 0 Å². The van der Waals surface area contributed by atoms with Crippen LogP contribution in [0.1, 0.15) is 56.6 Å². The molecular weight excluding hydrogens is 432 g/mol. The van der Waals surface area contributed by atoms with E-state index in [1.165, 1.54) is 23.9 Å². The predicted molar refractivity (Wildman–Crippen MR) is 128 cm³/mol. The molecular formula is C26H28N4O2S. The highest BCUT2D eigenvalue weighted by Crippen LogP contribution is 2.37. The Hall–Kier alpha value is -2.82. The number of nitriles is 1. The van der Waals surface area contributed by atoms with Gasteiger partial charge in [0.25, 0.3) is 0 Å². The molecule has 0 radical (unpaired) electrons. The zero-order chi connectivity index (χ0) is 22.7. The molecule has 1 saturated heterocycles. The van der Waals surface area contributed by atoms with Gasteiger partial charge in [-0.05, 0) is 67.6 Å². The molecule has 2 aliphatic rings. The molecule has 0 unspecified atom stereocenters. The molecule has 2 heterocycles. The molecule has 170 valence electrons. The highest BCUT2D eigenvalue weighted by atomic mass is 32.2. The fraction of sp³-hybridized carbons (Fsp3) is 0.423. The molecule has 3 aromatic rings. The smallest absolute Gasteiger partial charge is 0.350 e. The molecule has 1 aromatic heterocycles. The molecule has 1 aliphatic heterocycles. The molecule has 0 spiro atoms. The molecule has 0 bridgehead atoms. The lowest BCUT2D eigenvalue weighted by Gasteiger charge is -2.31. The molecule has 0 atom stereocenters. The standard InChI is InChI=1S/C26H28N4O2S/c27-18-26(13-15-32-16-14-26)20-5-4-8-24(17-20)33-23-11-9-22(10-12-23)30-25(31)29(19-28-30)21-6-2-1-3-7-21/h4-5,8-12,17,19,21H,1-3,6-7,13-16H2. The third-order valence-electron chi connectivity index (χ3n) is 6.93. The van der Waals surface area contributed by atoms with Crippen molar-refractivity contribution in [1.29, 1.82) is 5.26 Å². The van der Waals surface area contributed by atoms with Crippen molar-refractivity contribution < 1.29 is 4.74 Å². The molecule has 0 N–H and O–H groups in total. The van der Waals surface area contributed by atoms with E-state index in [0.717, 1.165) is 46.7 Å². The van der Waals surface area contributed by atoms with Gasteiger partial charge in [-0.25, -0.2) is 4.79 Å². The topological polar surface area (TPSA) is 72.8 Å². The molecule has 2 aromatic carbocycles. The van der Waals surface area contributed by atoms with Crippen LogP contribution in [-0.4, -0.2) is 27.6 Å². The summed E-state index contributed by atoms with van der Waals surface area (Å²) >= 11 is 1.66. The molecule has 5 rings (SSSR count). The summed E-state index contributed by atoms with van der Waals surface area (Å²) in [6.07, 6.45) is 8.88. The Morgan fingerprint density at radius 3 is 2.52 bits per heavy atom. The lowest BCUT2D eigenvalue weighted by Crippen LogP contribution is -2.32. The van der Waals surface area contributed by atoms with Crippen LogP contribution >= 0.6 is 11.8 Å². The van der Waals surface area contributed by atoms with Gasteiger partial charge in [-0.2, -0.15) is 15.0 Å². The minimum atomic E-state index is -0.461. The quantitative estimate of drug-likeness (QED) is 0.519. The third-order valence-corrected chi connectivity index (χ3v) is 7.92. The lowest BCUT2D eigenvalue weighted by atomic mass is 9.75. The van der Waals surface area contributed by atoms with Crippen molar-refractivity contribution >= 4 is 11.8 Å². The van der Waals surface area contributed by atoms with E-state index in [1.54, 1.807) is 22.7 Å². The maximum absolute atomic E-state index is 12.9. The van der Waals surface area contributed by atoms with Crippen molar-refractivity contribution in [3.8, 4) is 11.8 Å². The van der Waals surface area contributed by atoms with E-state index in [9.17, 15) is 10.1 Å². The van der Waals surface area contributed by atoms with Crippen LogP contribution in [0.5, 0.6) is 0 Å². The summed E-state index contributed by atoms with van der Waals surface area (Å²) in [4.78, 5) is 15.1. The van der Waals surface area contributed by atoms with E-state index in [-0.39, 0.29) is 11.7 Å². The number of nitrogens with zero attached hydrogens (tertiary/aromatic N) is 4. The summed E-state index contributed by atoms with van der Waals surface area (Å²) in [5.41, 5.74) is 1.32. The predicted octanol–water partition coefficient (Wildman–Crippen LogP) is 5.26. The van der Waals surface area contributed by atoms with Gasteiger partial charge in [-0.1, -0.05) is 43.2 Å². The first-order valence-corrected chi connectivity index (χ1v) is 12.5. The van der Waals surface area contributed by atoms with Crippen molar-refractivity contribution in [2.45, 2.75) is 66.2 Å². The summed E-state index contributed by atoms with van der Waals surface area (Å²) in [6.45, 7) is 1.25. The van der Waals surface area contributed by atoms with Crippen LogP contribution in [0.2, 0.25) is 0 Å². The zero-order valence-corrected chi connectivity index (χ0v) is 19.5. The molecule has 0 amide bonds. The summed E-state index contributed by atoms with van der Waals surface area (Å²) < 4.78 is 8.77. The highest BCUT2D eigenvalue weighted by molar-refractivity contribution is 7.99. The SMILES string of the molecule is N#CC1(c2cccc(Sc3ccc(-n4ncn(C5CCCCC5)c4=O)cc3)c2)CCOCC1. The van der Waals surface area contributed by atoms with Gasteiger partial charge >= 0.3 is 5.69 Å². The van der Waals surface area contributed by atoms with E-state index in [4.69, 9.17) is 4.74 Å². The molecule has 2 fully saturated rings. The van der Waals surface area contributed by atoms with Gasteiger partial charge in [0.2, 0.25) is 0 Å². The van der Waals surface area contributed by atoms with Crippen LogP contribution < -0.4 is 5.69 Å². The molecule has 33 heavy (non-hydrogen) atoms. The number of ether oxygens (including phenoxy) is 1. The average Bonchev–Trinajstić information content (AvgIpc) is 3.27. The molecule has 7 heteroatoms. The second kappa shape index (κ2) is 9.58. The maximum atomic E-state index is 12.9. The fourth-order valence-corrected chi connectivity index (χ4v) is 5.81. The largest absolute Gasteiger partial charge is 0.381 e. The van der Waals surface area contributed by atoms with Gasteiger partial charge in [0.05, 0.1) is 17.2 Å². The molecule has 6 nitrogen and oxygen atoms in total. The second-order valence-corrected chi connectivity index (χ2v) is 10.1. The highest BCUT2D eigenvalue weighted by Gasteiger charge is 2.34. The van der Waals surface area contributed by atoms with Gasteiger partial charge in [0.15, 0.2) is 0 Å². The van der Waals surface area contributed by atoms with Gasteiger partial charge in [0.1, 0.15) is 6.33 Å². The minimum absolute atomic E-state index is 0.0618. The van der Waals surface area contributed by atoms with E-state index in [1.807, 2.05) is 30.3 Å². The summed E-state index contributed by atoms with van der Waals surface area (Å²) in [7, 11) is 0. The average molecular weight is 461 g/mol. The van der Waals surface area contributed by atoms with Crippen LogP contribution in [-0.2, 0) is 10.2 Å². The van der Waals surface area contributed by atoms with Crippen molar-refractivity contribution in [3.05, 3.63) is 70.9 Å². The Balaban J connectivity index is 1.33. The Bertz CT molecular complexity index is 1200. The van der Waals surface area contributed by atoms with Crippen LogP contribution in [0.25, 0.3) is 5.69 Å². The Morgan fingerprint density at radius 1 is 1.03 bits per heavy atom. The maximum Gasteiger partial charge on any atom is 0.350 e. The second-order valence-electron chi connectivity index (χ2n) is 8.95. The lowest BCUT2D eigenvalue weighted by molar-refractivity contribution is 0.0675. The van der Waals surface area contributed by atoms with Gasteiger partial charge < -0.3 is 4.74 Å². The number of aromatic nitrogens is 3. The van der Waals surface area contributed by atoms with Gasteiger partial charge in [-0.15, -0.1) is 0 Å². The Morgan fingerprint density at radius 2 is 1.79 bits per heavy atom. The first-order valence-electron chi connectivity index (χ1n) is 11.7. The Kier molecular flexibility index (Phi) is 6.39. The van der Waals surface area contributed by atoms with Crippen LogP contribution in [0, 0.1) is 11.3 Å². The normalized spacial score (nSPS) is 18.6. The van der Waals surface area contributed by atoms with E-state index < -0.39 is 5.41 Å². The Labute approximate surface area is 198 Å². The van der Waals surface area contributed by atoms with Crippen LogP contribution in [0.15, 0.2) is 69.4 Å². The molecule has 1 aliphatic carbocycles. The number of hydrogen-bond acceptors (Lipinski definition) is 5. The van der Waals surface area contributed by atoms with Gasteiger partial charge in [-0.3, -0.25) is 4.57 Å². The monoisotopic (exact) mass is 460 g/mol. The van der Waals surface area contributed by atoms with Gasteiger partial charge in [0, 0.05) is 29.0 Å². The third kappa shape index (κ3) is 4.50.